The molecule has 114 valence electrons. The van der Waals surface area contributed by atoms with E-state index < -0.39 is 0 Å². The lowest BCUT2D eigenvalue weighted by molar-refractivity contribution is 0.612. The van der Waals surface area contributed by atoms with Crippen LogP contribution in [0.4, 0.5) is 5.82 Å². The smallest absolute Gasteiger partial charge is 0.191 e. The maximum atomic E-state index is 5.82. The zero-order valence-corrected chi connectivity index (χ0v) is 15.1. The molecule has 3 aromatic rings. The zero-order chi connectivity index (χ0) is 15.7. The van der Waals surface area contributed by atoms with Gasteiger partial charge in [0, 0.05) is 11.5 Å². The monoisotopic (exact) mass is 396 g/mol. The fraction of sp³-hybridized carbons (Fsp3) is 0.214. The van der Waals surface area contributed by atoms with E-state index in [0.29, 0.717) is 11.0 Å². The van der Waals surface area contributed by atoms with Crippen molar-refractivity contribution in [1.82, 2.24) is 15.0 Å². The first-order valence-corrected chi connectivity index (χ1v) is 9.34. The minimum Gasteiger partial charge on any atom is -0.461 e. The number of nitrogens with two attached hydrogens (primary N) is 1. The van der Waals surface area contributed by atoms with Crippen LogP contribution in [0.3, 0.4) is 0 Å². The molecule has 3 heterocycles. The highest BCUT2D eigenvalue weighted by molar-refractivity contribution is 9.10. The van der Waals surface area contributed by atoms with E-state index >= 15 is 0 Å². The number of hydrogen-bond acceptors (Lipinski definition) is 7. The highest BCUT2D eigenvalue weighted by Crippen LogP contribution is 2.35. The van der Waals surface area contributed by atoms with Gasteiger partial charge in [-0.05, 0) is 35.2 Å². The van der Waals surface area contributed by atoms with Gasteiger partial charge in [-0.2, -0.15) is 0 Å². The second-order valence-electron chi connectivity index (χ2n) is 4.57. The molecule has 3 rings (SSSR count). The number of fused-ring (bicyclic) bond motifs is 1. The summed E-state index contributed by atoms with van der Waals surface area (Å²) in [5, 5.41) is 2.63. The summed E-state index contributed by atoms with van der Waals surface area (Å²) in [6.45, 7) is 2.07. The molecule has 8 heteroatoms. The summed E-state index contributed by atoms with van der Waals surface area (Å²) >= 11 is 6.55. The first kappa shape index (κ1) is 15.6. The Hall–Kier alpha value is -1.25. The summed E-state index contributed by atoms with van der Waals surface area (Å²) < 4.78 is 6.31. The molecule has 1 unspecified atom stereocenters. The van der Waals surface area contributed by atoms with Gasteiger partial charge in [0.1, 0.15) is 17.1 Å². The van der Waals surface area contributed by atoms with Gasteiger partial charge in [-0.15, -0.1) is 11.8 Å². The van der Waals surface area contributed by atoms with Gasteiger partial charge in [0.2, 0.25) is 0 Å². The van der Waals surface area contributed by atoms with Crippen LogP contribution in [0, 0.1) is 0 Å². The normalized spacial score (nSPS) is 12.7. The molecule has 2 N–H and O–H groups in total. The molecule has 0 spiro atoms. The van der Waals surface area contributed by atoms with Gasteiger partial charge in [-0.1, -0.05) is 11.8 Å². The third kappa shape index (κ3) is 3.23. The summed E-state index contributed by atoms with van der Waals surface area (Å²) in [7, 11) is 0. The molecule has 0 aliphatic carbocycles. The number of pyridine rings is 1. The van der Waals surface area contributed by atoms with Crippen molar-refractivity contribution >= 4 is 56.2 Å². The summed E-state index contributed by atoms with van der Waals surface area (Å²) in [5.74, 6) is 0.482. The average molecular weight is 397 g/mol. The predicted octanol–water partition coefficient (Wildman–Crippen LogP) is 4.54. The summed E-state index contributed by atoms with van der Waals surface area (Å²) in [6, 6.07) is 3.79. The van der Waals surface area contributed by atoms with Crippen molar-refractivity contribution in [2.24, 2.45) is 0 Å². The molecule has 0 bridgehead atoms. The number of nitrogens with zero attached hydrogens (tertiary/aromatic N) is 3. The maximum Gasteiger partial charge on any atom is 0.191 e. The van der Waals surface area contributed by atoms with Crippen LogP contribution in [-0.4, -0.2) is 21.2 Å². The van der Waals surface area contributed by atoms with E-state index in [1.807, 2.05) is 12.3 Å². The second kappa shape index (κ2) is 6.47. The Labute approximate surface area is 144 Å². The number of aromatic nitrogens is 3. The highest BCUT2D eigenvalue weighted by Gasteiger charge is 2.14. The Morgan fingerprint density at radius 1 is 1.32 bits per heavy atom. The molecular weight excluding hydrogens is 384 g/mol. The highest BCUT2D eigenvalue weighted by atomic mass is 79.9. The lowest BCUT2D eigenvalue weighted by atomic mass is 10.2. The minimum atomic E-state index is 0.0997. The Kier molecular flexibility index (Phi) is 4.60. The molecule has 22 heavy (non-hydrogen) atoms. The van der Waals surface area contributed by atoms with Crippen LogP contribution >= 0.6 is 39.5 Å². The molecule has 0 aromatic carbocycles. The van der Waals surface area contributed by atoms with Gasteiger partial charge in [-0.25, -0.2) is 9.97 Å². The number of hydrogen-bond donors (Lipinski definition) is 1. The molecular formula is C14H13BrN4OS2. The van der Waals surface area contributed by atoms with Crippen LogP contribution in [0.25, 0.3) is 11.0 Å². The molecule has 1 atom stereocenters. The second-order valence-corrected chi connectivity index (χ2v) is 7.56. The number of halogens is 1. The molecule has 0 aliphatic rings. The Morgan fingerprint density at radius 3 is 2.91 bits per heavy atom. The third-order valence-corrected chi connectivity index (χ3v) is 5.27. The van der Waals surface area contributed by atoms with E-state index in [9.17, 15) is 0 Å². The lowest BCUT2D eigenvalue weighted by Gasteiger charge is -2.10. The number of furan rings is 1. The number of nitrogen functional groups attached to an aromatic ring is 1. The summed E-state index contributed by atoms with van der Waals surface area (Å²) in [5.41, 5.74) is 7.52. The van der Waals surface area contributed by atoms with Crippen molar-refractivity contribution in [3.05, 3.63) is 34.8 Å². The Bertz CT molecular complexity index is 824. The van der Waals surface area contributed by atoms with Crippen LogP contribution in [0.15, 0.2) is 43.7 Å². The van der Waals surface area contributed by atoms with Gasteiger partial charge in [0.05, 0.1) is 21.6 Å². The molecule has 0 fully saturated rings. The van der Waals surface area contributed by atoms with E-state index in [1.54, 1.807) is 30.3 Å². The van der Waals surface area contributed by atoms with Crippen LogP contribution in [-0.2, 0) is 0 Å². The van der Waals surface area contributed by atoms with Crippen molar-refractivity contribution < 1.29 is 4.42 Å². The van der Waals surface area contributed by atoms with E-state index in [1.165, 1.54) is 11.8 Å². The zero-order valence-electron chi connectivity index (χ0n) is 11.9. The molecule has 0 radical (unpaired) electrons. The molecule has 5 nitrogen and oxygen atoms in total. The number of anilines is 1. The van der Waals surface area contributed by atoms with E-state index in [-0.39, 0.29) is 5.25 Å². The standard InChI is InChI=1S/C14H13BrN4OS2/c1-7(22-14-18-12(16)4-13(19-14)21-2)10-3-8-9(15)6-20-11(8)5-17-10/h3-7H,1-2H3,(H2,16,18,19). The quantitative estimate of drug-likeness (QED) is 0.393. The van der Waals surface area contributed by atoms with Crippen LogP contribution in [0.1, 0.15) is 17.9 Å². The first-order valence-electron chi connectivity index (χ1n) is 6.44. The maximum absolute atomic E-state index is 5.82. The number of rotatable bonds is 4. The minimum absolute atomic E-state index is 0.0997. The van der Waals surface area contributed by atoms with E-state index in [2.05, 4.69) is 37.8 Å². The van der Waals surface area contributed by atoms with E-state index in [0.717, 1.165) is 26.2 Å². The molecule has 3 aromatic heterocycles. The van der Waals surface area contributed by atoms with Gasteiger partial charge in [0.25, 0.3) is 0 Å². The topological polar surface area (TPSA) is 77.8 Å². The van der Waals surface area contributed by atoms with Crippen molar-refractivity contribution in [3.63, 3.8) is 0 Å². The number of thioether (sulfide) groups is 2. The van der Waals surface area contributed by atoms with Gasteiger partial charge >= 0.3 is 0 Å². The molecule has 0 saturated carbocycles. The van der Waals surface area contributed by atoms with Gasteiger partial charge in [0.15, 0.2) is 10.7 Å². The Morgan fingerprint density at radius 2 is 2.14 bits per heavy atom. The van der Waals surface area contributed by atoms with Crippen LogP contribution in [0.5, 0.6) is 0 Å². The fourth-order valence-corrected chi connectivity index (χ4v) is 3.69. The summed E-state index contributed by atoms with van der Waals surface area (Å²) in [4.78, 5) is 13.2. The SMILES string of the molecule is CSc1cc(N)nc(SC(C)c2cc3c(Br)coc3cn2)n1. The van der Waals surface area contributed by atoms with E-state index in [4.69, 9.17) is 10.2 Å². The van der Waals surface area contributed by atoms with Crippen molar-refractivity contribution in [3.8, 4) is 0 Å². The van der Waals surface area contributed by atoms with Gasteiger partial charge < -0.3 is 10.2 Å². The largest absolute Gasteiger partial charge is 0.461 e. The van der Waals surface area contributed by atoms with Gasteiger partial charge in [-0.3, -0.25) is 4.98 Å². The predicted molar refractivity (Wildman–Crippen MR) is 94.2 cm³/mol. The lowest BCUT2D eigenvalue weighted by Crippen LogP contribution is -1.99. The van der Waals surface area contributed by atoms with Crippen molar-refractivity contribution in [1.29, 1.82) is 0 Å². The fourth-order valence-electron chi connectivity index (χ4n) is 1.94. The van der Waals surface area contributed by atoms with Crippen LogP contribution < -0.4 is 5.73 Å². The molecule has 0 saturated heterocycles. The van der Waals surface area contributed by atoms with Crippen LogP contribution in [0.2, 0.25) is 0 Å². The molecule has 0 aliphatic heterocycles. The van der Waals surface area contributed by atoms with Crippen molar-refractivity contribution in [2.45, 2.75) is 22.4 Å². The Balaban J connectivity index is 1.87. The first-order chi connectivity index (χ1) is 10.6. The summed E-state index contributed by atoms with van der Waals surface area (Å²) in [6.07, 6.45) is 5.37. The van der Waals surface area contributed by atoms with Crippen molar-refractivity contribution in [2.75, 3.05) is 12.0 Å². The third-order valence-electron chi connectivity index (χ3n) is 3.04. The molecule has 0 amide bonds. The average Bonchev–Trinajstić information content (AvgIpc) is 2.87.